The number of pyridine rings is 1. The molecular formula is C21H20N2O2. The summed E-state index contributed by atoms with van der Waals surface area (Å²) in [6, 6.07) is 19.7. The van der Waals surface area contributed by atoms with Crippen LogP contribution in [0.3, 0.4) is 0 Å². The number of benzene rings is 2. The lowest BCUT2D eigenvalue weighted by atomic mass is 10.0. The third-order valence-electron chi connectivity index (χ3n) is 4.54. The van der Waals surface area contributed by atoms with E-state index in [-0.39, 0.29) is 12.0 Å². The fraction of sp³-hybridized carbons (Fsp3) is 0.238. The minimum Gasteiger partial charge on any atom is -0.375 e. The second kappa shape index (κ2) is 6.65. The van der Waals surface area contributed by atoms with Gasteiger partial charge in [-0.05, 0) is 19.1 Å². The predicted molar refractivity (Wildman–Crippen MR) is 98.5 cm³/mol. The third kappa shape index (κ3) is 3.13. The molecule has 3 aromatic rings. The summed E-state index contributed by atoms with van der Waals surface area (Å²) in [4.78, 5) is 19.8. The van der Waals surface area contributed by atoms with Gasteiger partial charge in [0, 0.05) is 24.0 Å². The summed E-state index contributed by atoms with van der Waals surface area (Å²) in [7, 11) is 0. The Balaban J connectivity index is 1.82. The molecule has 4 rings (SSSR count). The zero-order valence-corrected chi connectivity index (χ0v) is 14.2. The van der Waals surface area contributed by atoms with Crippen molar-refractivity contribution < 1.29 is 9.53 Å². The smallest absolute Gasteiger partial charge is 0.254 e. The van der Waals surface area contributed by atoms with Crippen LogP contribution in [-0.2, 0) is 4.74 Å². The van der Waals surface area contributed by atoms with Crippen LogP contribution in [0.4, 0.5) is 0 Å². The highest BCUT2D eigenvalue weighted by Crippen LogP contribution is 2.26. The van der Waals surface area contributed by atoms with Crippen LogP contribution < -0.4 is 0 Å². The molecule has 1 amide bonds. The second-order valence-electron chi connectivity index (χ2n) is 6.37. The number of fused-ring (bicyclic) bond motifs is 1. The van der Waals surface area contributed by atoms with Gasteiger partial charge in [-0.15, -0.1) is 0 Å². The van der Waals surface area contributed by atoms with Crippen LogP contribution in [0.15, 0.2) is 60.7 Å². The Kier molecular flexibility index (Phi) is 4.20. The van der Waals surface area contributed by atoms with Crippen molar-refractivity contribution in [1.82, 2.24) is 9.88 Å². The number of morpholine rings is 1. The molecule has 0 aliphatic carbocycles. The van der Waals surface area contributed by atoms with E-state index in [0.29, 0.717) is 25.3 Å². The van der Waals surface area contributed by atoms with Crippen molar-refractivity contribution in [2.75, 3.05) is 19.7 Å². The van der Waals surface area contributed by atoms with Crippen LogP contribution in [0.1, 0.15) is 17.3 Å². The average Bonchev–Trinajstić information content (AvgIpc) is 2.67. The Bertz CT molecular complexity index is 908. The third-order valence-corrected chi connectivity index (χ3v) is 4.54. The molecule has 2 aromatic carbocycles. The van der Waals surface area contributed by atoms with E-state index in [1.54, 1.807) is 0 Å². The van der Waals surface area contributed by atoms with E-state index in [2.05, 4.69) is 0 Å². The van der Waals surface area contributed by atoms with Gasteiger partial charge in [0.1, 0.15) is 0 Å². The van der Waals surface area contributed by atoms with Crippen molar-refractivity contribution in [2.24, 2.45) is 0 Å². The van der Waals surface area contributed by atoms with Crippen LogP contribution >= 0.6 is 0 Å². The topological polar surface area (TPSA) is 42.4 Å². The number of nitrogens with zero attached hydrogens (tertiary/aromatic N) is 2. The Morgan fingerprint density at radius 1 is 1.12 bits per heavy atom. The normalized spacial score (nSPS) is 17.6. The van der Waals surface area contributed by atoms with E-state index in [4.69, 9.17) is 9.72 Å². The van der Waals surface area contributed by atoms with Gasteiger partial charge in [0.2, 0.25) is 0 Å². The number of amides is 1. The van der Waals surface area contributed by atoms with E-state index < -0.39 is 0 Å². The Morgan fingerprint density at radius 2 is 1.88 bits per heavy atom. The van der Waals surface area contributed by atoms with Crippen LogP contribution in [0, 0.1) is 0 Å². The summed E-state index contributed by atoms with van der Waals surface area (Å²) in [5.41, 5.74) is 3.38. The molecule has 0 bridgehead atoms. The Labute approximate surface area is 147 Å². The van der Waals surface area contributed by atoms with Crippen molar-refractivity contribution >= 4 is 16.8 Å². The predicted octanol–water partition coefficient (Wildman–Crippen LogP) is 3.76. The van der Waals surface area contributed by atoms with Gasteiger partial charge in [-0.25, -0.2) is 4.98 Å². The fourth-order valence-corrected chi connectivity index (χ4v) is 3.28. The number of carbonyl (C=O) groups excluding carboxylic acids is 1. The van der Waals surface area contributed by atoms with Crippen molar-refractivity contribution in [3.05, 3.63) is 66.2 Å². The van der Waals surface area contributed by atoms with Gasteiger partial charge in [-0.1, -0.05) is 48.5 Å². The molecule has 25 heavy (non-hydrogen) atoms. The molecule has 4 heteroatoms. The molecule has 1 atom stereocenters. The van der Waals surface area contributed by atoms with Crippen molar-refractivity contribution in [3.8, 4) is 11.3 Å². The standard InChI is InChI=1S/C21H20N2O2/c1-15-14-23(11-12-25-15)21(24)18-13-20(16-7-3-2-4-8-16)22-19-10-6-5-9-17(18)19/h2-10,13,15H,11-12,14H2,1H3. The van der Waals surface area contributed by atoms with Gasteiger partial charge in [0.05, 0.1) is 29.5 Å². The van der Waals surface area contributed by atoms with E-state index >= 15 is 0 Å². The van der Waals surface area contributed by atoms with Crippen LogP contribution in [0.5, 0.6) is 0 Å². The summed E-state index contributed by atoms with van der Waals surface area (Å²) >= 11 is 0. The maximum atomic E-state index is 13.2. The van der Waals surface area contributed by atoms with E-state index in [1.807, 2.05) is 72.5 Å². The number of para-hydroxylation sites is 1. The number of ether oxygens (including phenoxy) is 1. The molecule has 0 spiro atoms. The molecule has 0 saturated carbocycles. The summed E-state index contributed by atoms with van der Waals surface area (Å²) in [5, 5.41) is 0.895. The molecule has 0 N–H and O–H groups in total. The molecular weight excluding hydrogens is 312 g/mol. The highest BCUT2D eigenvalue weighted by molar-refractivity contribution is 6.07. The number of hydrogen-bond donors (Lipinski definition) is 0. The van der Waals surface area contributed by atoms with Gasteiger partial charge in [0.15, 0.2) is 0 Å². The summed E-state index contributed by atoms with van der Waals surface area (Å²) in [6.45, 7) is 3.83. The molecule has 2 heterocycles. The summed E-state index contributed by atoms with van der Waals surface area (Å²) in [5.74, 6) is 0.0472. The fourth-order valence-electron chi connectivity index (χ4n) is 3.28. The van der Waals surface area contributed by atoms with E-state index in [1.165, 1.54) is 0 Å². The van der Waals surface area contributed by atoms with Gasteiger partial charge >= 0.3 is 0 Å². The molecule has 1 unspecified atom stereocenters. The number of aromatic nitrogens is 1. The molecule has 0 radical (unpaired) electrons. The van der Waals surface area contributed by atoms with Crippen molar-refractivity contribution in [2.45, 2.75) is 13.0 Å². The van der Waals surface area contributed by atoms with Crippen LogP contribution in [0.25, 0.3) is 22.2 Å². The van der Waals surface area contributed by atoms with Gasteiger partial charge in [-0.3, -0.25) is 4.79 Å². The maximum Gasteiger partial charge on any atom is 0.254 e. The molecule has 1 aromatic heterocycles. The first kappa shape index (κ1) is 15.8. The molecule has 1 aliphatic rings. The maximum absolute atomic E-state index is 13.2. The minimum absolute atomic E-state index is 0.0472. The molecule has 126 valence electrons. The van der Waals surface area contributed by atoms with E-state index in [9.17, 15) is 4.79 Å². The SMILES string of the molecule is CC1CN(C(=O)c2cc(-c3ccccc3)nc3ccccc23)CCO1. The van der Waals surface area contributed by atoms with E-state index in [0.717, 1.165) is 22.2 Å². The highest BCUT2D eigenvalue weighted by atomic mass is 16.5. The first-order chi connectivity index (χ1) is 12.2. The lowest BCUT2D eigenvalue weighted by molar-refractivity contribution is -0.0123. The van der Waals surface area contributed by atoms with Crippen LogP contribution in [-0.4, -0.2) is 41.6 Å². The highest BCUT2D eigenvalue weighted by Gasteiger charge is 2.24. The molecule has 1 aliphatic heterocycles. The first-order valence-electron chi connectivity index (χ1n) is 8.58. The van der Waals surface area contributed by atoms with Gasteiger partial charge in [0.25, 0.3) is 5.91 Å². The van der Waals surface area contributed by atoms with Gasteiger partial charge < -0.3 is 9.64 Å². The molecule has 1 fully saturated rings. The zero-order chi connectivity index (χ0) is 17.2. The van der Waals surface area contributed by atoms with Crippen LogP contribution in [0.2, 0.25) is 0 Å². The van der Waals surface area contributed by atoms with Gasteiger partial charge in [-0.2, -0.15) is 0 Å². The molecule has 4 nitrogen and oxygen atoms in total. The first-order valence-corrected chi connectivity index (χ1v) is 8.58. The lowest BCUT2D eigenvalue weighted by Gasteiger charge is -2.31. The summed E-state index contributed by atoms with van der Waals surface area (Å²) < 4.78 is 5.57. The second-order valence-corrected chi connectivity index (χ2v) is 6.37. The Hall–Kier alpha value is -2.72. The number of hydrogen-bond acceptors (Lipinski definition) is 3. The minimum atomic E-state index is 0.0472. The Morgan fingerprint density at radius 3 is 2.68 bits per heavy atom. The average molecular weight is 332 g/mol. The monoisotopic (exact) mass is 332 g/mol. The quantitative estimate of drug-likeness (QED) is 0.717. The number of carbonyl (C=O) groups is 1. The zero-order valence-electron chi connectivity index (χ0n) is 14.2. The summed E-state index contributed by atoms with van der Waals surface area (Å²) in [6.07, 6.45) is 0.0689. The number of rotatable bonds is 2. The largest absolute Gasteiger partial charge is 0.375 e. The molecule has 1 saturated heterocycles. The van der Waals surface area contributed by atoms with Crippen molar-refractivity contribution in [1.29, 1.82) is 0 Å². The lowest BCUT2D eigenvalue weighted by Crippen LogP contribution is -2.44. The van der Waals surface area contributed by atoms with Crippen molar-refractivity contribution in [3.63, 3.8) is 0 Å².